The molecule has 0 radical (unpaired) electrons. The maximum atomic E-state index is 11.5. The van der Waals surface area contributed by atoms with Gasteiger partial charge < -0.3 is 10.5 Å². The summed E-state index contributed by atoms with van der Waals surface area (Å²) in [5.74, 6) is 0.947. The van der Waals surface area contributed by atoms with Crippen molar-refractivity contribution in [2.45, 2.75) is 44.6 Å². The van der Waals surface area contributed by atoms with E-state index in [4.69, 9.17) is 10.5 Å². The number of Topliss-reactive ketones (excluding diaryl/α,β-unsaturated/α-hetero) is 1. The molecule has 0 saturated heterocycles. The molecule has 4 heteroatoms. The fourth-order valence-corrected chi connectivity index (χ4v) is 2.11. The maximum Gasteiger partial charge on any atom is 0.172 e. The number of rotatable bonds is 5. The molecule has 0 fully saturated rings. The third kappa shape index (κ3) is 6.78. The number of ketones is 1. The highest BCUT2D eigenvalue weighted by molar-refractivity contribution is 7.80. The second kappa shape index (κ2) is 9.95. The minimum Gasteiger partial charge on any atom is -0.483 e. The number of benzene rings is 2. The van der Waals surface area contributed by atoms with Gasteiger partial charge in [-0.15, -0.1) is 12.6 Å². The van der Waals surface area contributed by atoms with E-state index in [1.807, 2.05) is 69.3 Å². The van der Waals surface area contributed by atoms with Gasteiger partial charge in [-0.05, 0) is 43.2 Å². The second-order valence-corrected chi connectivity index (χ2v) is 5.69. The molecule has 2 N–H and O–H groups in total. The number of carbonyl (C=O) groups is 1. The van der Waals surface area contributed by atoms with E-state index in [2.05, 4.69) is 12.6 Å². The fraction of sp³-hybridized carbons (Fsp3) is 0.316. The van der Waals surface area contributed by atoms with E-state index in [-0.39, 0.29) is 11.9 Å². The van der Waals surface area contributed by atoms with E-state index in [9.17, 15) is 4.79 Å². The minimum absolute atomic E-state index is 0.166. The van der Waals surface area contributed by atoms with Crippen molar-refractivity contribution in [3.63, 3.8) is 0 Å². The van der Waals surface area contributed by atoms with Gasteiger partial charge in [0.05, 0.1) is 0 Å². The van der Waals surface area contributed by atoms with Crippen LogP contribution in [0.15, 0.2) is 53.4 Å². The lowest BCUT2D eigenvalue weighted by Gasteiger charge is -2.15. The van der Waals surface area contributed by atoms with E-state index >= 15 is 0 Å². The average molecular weight is 331 g/mol. The lowest BCUT2D eigenvalue weighted by atomic mass is 10.1. The van der Waals surface area contributed by atoms with Crippen LogP contribution in [0.3, 0.4) is 0 Å². The number of aryl methyl sites for hydroxylation is 1. The summed E-state index contributed by atoms with van der Waals surface area (Å²) in [7, 11) is 0. The van der Waals surface area contributed by atoms with Gasteiger partial charge in [0.1, 0.15) is 5.75 Å². The Morgan fingerprint density at radius 3 is 2.35 bits per heavy atom. The average Bonchev–Trinajstić information content (AvgIpc) is 2.55. The Labute approximate surface area is 144 Å². The zero-order chi connectivity index (χ0) is 17.2. The standard InChI is InChI=1S/C13H18O2.C6H7NS/c1-4-12(14)13(5-2)15-11-8-6-7-10(3)9-11;7-5-3-1-2-4-6(5)8/h6-9,13H,4-5H2,1-3H3;1-4,8H,7H2. The van der Waals surface area contributed by atoms with E-state index in [0.717, 1.165) is 28.3 Å². The lowest BCUT2D eigenvalue weighted by Crippen LogP contribution is -2.25. The third-order valence-electron chi connectivity index (χ3n) is 3.28. The molecule has 2 aromatic carbocycles. The highest BCUT2D eigenvalue weighted by Crippen LogP contribution is 2.16. The molecule has 0 amide bonds. The molecule has 0 aliphatic carbocycles. The molecule has 0 aliphatic rings. The Hall–Kier alpha value is -1.94. The van der Waals surface area contributed by atoms with E-state index in [1.165, 1.54) is 0 Å². The van der Waals surface area contributed by atoms with Crippen LogP contribution < -0.4 is 10.5 Å². The van der Waals surface area contributed by atoms with Crippen molar-refractivity contribution >= 4 is 24.1 Å². The molecule has 1 atom stereocenters. The molecule has 1 unspecified atom stereocenters. The van der Waals surface area contributed by atoms with Crippen LogP contribution in [0.2, 0.25) is 0 Å². The van der Waals surface area contributed by atoms with Gasteiger partial charge in [0.25, 0.3) is 0 Å². The SMILES string of the molecule is CCC(=O)C(CC)Oc1cccc(C)c1.Nc1ccccc1S. The van der Waals surface area contributed by atoms with Crippen molar-refractivity contribution < 1.29 is 9.53 Å². The molecule has 2 rings (SSSR count). The molecule has 3 nitrogen and oxygen atoms in total. The molecule has 23 heavy (non-hydrogen) atoms. The zero-order valence-electron chi connectivity index (χ0n) is 14.0. The normalized spacial score (nSPS) is 11.1. The summed E-state index contributed by atoms with van der Waals surface area (Å²) >= 11 is 4.07. The predicted molar refractivity (Wildman–Crippen MR) is 99.3 cm³/mol. The van der Waals surface area contributed by atoms with Crippen molar-refractivity contribution in [1.82, 2.24) is 0 Å². The van der Waals surface area contributed by atoms with Crippen molar-refractivity contribution in [3.8, 4) is 5.75 Å². The topological polar surface area (TPSA) is 52.3 Å². The first-order chi connectivity index (χ1) is 11.0. The van der Waals surface area contributed by atoms with Crippen LogP contribution in [0.1, 0.15) is 32.3 Å². The van der Waals surface area contributed by atoms with Crippen LogP contribution in [0.4, 0.5) is 5.69 Å². The number of hydrogen-bond donors (Lipinski definition) is 2. The summed E-state index contributed by atoms with van der Waals surface area (Å²) in [6.45, 7) is 5.84. The first-order valence-electron chi connectivity index (χ1n) is 7.77. The van der Waals surface area contributed by atoms with Crippen molar-refractivity contribution in [3.05, 3.63) is 54.1 Å². The number of para-hydroxylation sites is 1. The molecular formula is C19H25NO2S. The highest BCUT2D eigenvalue weighted by Gasteiger charge is 2.15. The fourth-order valence-electron chi connectivity index (χ4n) is 1.94. The first-order valence-corrected chi connectivity index (χ1v) is 8.22. The molecule has 0 bridgehead atoms. The minimum atomic E-state index is -0.295. The summed E-state index contributed by atoms with van der Waals surface area (Å²) in [5, 5.41) is 0. The summed E-state index contributed by atoms with van der Waals surface area (Å²) in [6.07, 6.45) is 0.960. The largest absolute Gasteiger partial charge is 0.483 e. The number of anilines is 1. The van der Waals surface area contributed by atoms with Crippen LogP contribution >= 0.6 is 12.6 Å². The van der Waals surface area contributed by atoms with Gasteiger partial charge in [0.15, 0.2) is 11.9 Å². The number of ether oxygens (including phenoxy) is 1. The van der Waals surface area contributed by atoms with Gasteiger partial charge in [0, 0.05) is 17.0 Å². The highest BCUT2D eigenvalue weighted by atomic mass is 32.1. The smallest absolute Gasteiger partial charge is 0.172 e. The van der Waals surface area contributed by atoms with Crippen LogP contribution in [-0.2, 0) is 4.79 Å². The molecule has 2 aromatic rings. The molecule has 0 aliphatic heterocycles. The van der Waals surface area contributed by atoms with Crippen molar-refractivity contribution in [1.29, 1.82) is 0 Å². The zero-order valence-corrected chi connectivity index (χ0v) is 14.8. The Bertz CT molecular complexity index is 607. The number of thiol groups is 1. The number of hydrogen-bond acceptors (Lipinski definition) is 4. The van der Waals surface area contributed by atoms with Crippen LogP contribution in [-0.4, -0.2) is 11.9 Å². The predicted octanol–water partition coefficient (Wildman–Crippen LogP) is 4.69. The molecule has 124 valence electrons. The Kier molecular flexibility index (Phi) is 8.27. The van der Waals surface area contributed by atoms with Gasteiger partial charge in [0.2, 0.25) is 0 Å². The van der Waals surface area contributed by atoms with Crippen molar-refractivity contribution in [2.75, 3.05) is 5.73 Å². The van der Waals surface area contributed by atoms with Crippen LogP contribution in [0, 0.1) is 6.92 Å². The Balaban J connectivity index is 0.000000277. The summed E-state index contributed by atoms with van der Waals surface area (Å²) in [4.78, 5) is 12.3. The first kappa shape index (κ1) is 19.1. The number of nitrogen functional groups attached to an aromatic ring is 1. The number of carbonyl (C=O) groups excluding carboxylic acids is 1. The number of nitrogens with two attached hydrogens (primary N) is 1. The molecule has 0 aromatic heterocycles. The monoisotopic (exact) mass is 331 g/mol. The Morgan fingerprint density at radius 1 is 1.17 bits per heavy atom. The molecule has 0 heterocycles. The van der Waals surface area contributed by atoms with Gasteiger partial charge in [-0.25, -0.2) is 0 Å². The molecule has 0 saturated carbocycles. The van der Waals surface area contributed by atoms with Gasteiger partial charge in [-0.2, -0.15) is 0 Å². The second-order valence-electron chi connectivity index (χ2n) is 5.21. The summed E-state index contributed by atoms with van der Waals surface area (Å²) in [5.41, 5.74) is 7.32. The van der Waals surface area contributed by atoms with E-state index in [1.54, 1.807) is 0 Å². The molecular weight excluding hydrogens is 306 g/mol. The van der Waals surface area contributed by atoms with Crippen molar-refractivity contribution in [2.24, 2.45) is 0 Å². The van der Waals surface area contributed by atoms with Crippen LogP contribution in [0.25, 0.3) is 0 Å². The van der Waals surface area contributed by atoms with E-state index < -0.39 is 0 Å². The van der Waals surface area contributed by atoms with Gasteiger partial charge in [-0.1, -0.05) is 38.1 Å². The maximum absolute atomic E-state index is 11.5. The lowest BCUT2D eigenvalue weighted by molar-refractivity contribution is -0.125. The third-order valence-corrected chi connectivity index (χ3v) is 3.69. The quantitative estimate of drug-likeness (QED) is 0.617. The van der Waals surface area contributed by atoms with Gasteiger partial charge in [-0.3, -0.25) is 4.79 Å². The van der Waals surface area contributed by atoms with E-state index in [0.29, 0.717) is 6.42 Å². The summed E-state index contributed by atoms with van der Waals surface area (Å²) in [6, 6.07) is 15.3. The van der Waals surface area contributed by atoms with Gasteiger partial charge >= 0.3 is 0 Å². The summed E-state index contributed by atoms with van der Waals surface area (Å²) < 4.78 is 5.65. The Morgan fingerprint density at radius 2 is 1.87 bits per heavy atom. The van der Waals surface area contributed by atoms with Crippen LogP contribution in [0.5, 0.6) is 5.75 Å². The molecule has 0 spiro atoms.